The minimum Gasteiger partial charge on any atom is -0.381 e. The quantitative estimate of drug-likeness (QED) is 0.674. The Hall–Kier alpha value is -0.0800. The highest BCUT2D eigenvalue weighted by atomic mass is 16.5. The van der Waals surface area contributed by atoms with E-state index in [0.29, 0.717) is 12.1 Å². The summed E-state index contributed by atoms with van der Waals surface area (Å²) in [5.74, 6) is 0. The van der Waals surface area contributed by atoms with Crippen LogP contribution in [0.1, 0.15) is 33.1 Å². The lowest BCUT2D eigenvalue weighted by Gasteiger charge is -2.53. The van der Waals surface area contributed by atoms with Gasteiger partial charge < -0.3 is 10.5 Å². The van der Waals surface area contributed by atoms with Crippen LogP contribution >= 0.6 is 0 Å². The predicted octanol–water partition coefficient (Wildman–Crippen LogP) is 1.54. The second-order valence-corrected chi connectivity index (χ2v) is 3.51. The summed E-state index contributed by atoms with van der Waals surface area (Å²) in [6.45, 7) is 4.41. The van der Waals surface area contributed by atoms with Crippen LogP contribution in [0.4, 0.5) is 0 Å². The van der Waals surface area contributed by atoms with Crippen molar-refractivity contribution in [3.63, 3.8) is 0 Å². The number of hydrogen-bond donors (Lipinski definition) is 1. The molecule has 0 unspecified atom stereocenters. The summed E-state index contributed by atoms with van der Waals surface area (Å²) in [7, 11) is 1.79. The second kappa shape index (κ2) is 3.11. The Bertz CT molecular complexity index is 132. The van der Waals surface area contributed by atoms with Gasteiger partial charge in [0.1, 0.15) is 0 Å². The summed E-state index contributed by atoms with van der Waals surface area (Å²) in [5, 5.41) is 0. The maximum atomic E-state index is 5.96. The Morgan fingerprint density at radius 1 is 1.45 bits per heavy atom. The Morgan fingerprint density at radius 2 is 2.00 bits per heavy atom. The van der Waals surface area contributed by atoms with Gasteiger partial charge in [0.2, 0.25) is 0 Å². The van der Waals surface area contributed by atoms with Crippen molar-refractivity contribution in [2.45, 2.75) is 45.3 Å². The van der Waals surface area contributed by atoms with Crippen molar-refractivity contribution in [2.75, 3.05) is 7.11 Å². The smallest absolute Gasteiger partial charge is 0.0657 e. The van der Waals surface area contributed by atoms with E-state index in [1.165, 1.54) is 0 Å². The van der Waals surface area contributed by atoms with E-state index in [9.17, 15) is 0 Å². The third-order valence-corrected chi connectivity index (χ3v) is 3.45. The SMILES string of the molecule is CCC1(CC)[C@@H](N)C[C@H]1OC. The Kier molecular flexibility index (Phi) is 2.55. The van der Waals surface area contributed by atoms with Gasteiger partial charge in [-0.2, -0.15) is 0 Å². The highest BCUT2D eigenvalue weighted by molar-refractivity contribution is 5.04. The van der Waals surface area contributed by atoms with Crippen molar-refractivity contribution >= 4 is 0 Å². The van der Waals surface area contributed by atoms with Gasteiger partial charge in [-0.25, -0.2) is 0 Å². The largest absolute Gasteiger partial charge is 0.381 e. The van der Waals surface area contributed by atoms with Crippen molar-refractivity contribution in [3.05, 3.63) is 0 Å². The monoisotopic (exact) mass is 157 g/mol. The molecule has 2 heteroatoms. The maximum absolute atomic E-state index is 5.96. The molecule has 1 fully saturated rings. The first-order chi connectivity index (χ1) is 5.21. The molecule has 2 atom stereocenters. The maximum Gasteiger partial charge on any atom is 0.0657 e. The summed E-state index contributed by atoms with van der Waals surface area (Å²) in [4.78, 5) is 0. The van der Waals surface area contributed by atoms with Crippen molar-refractivity contribution in [1.82, 2.24) is 0 Å². The van der Waals surface area contributed by atoms with E-state index in [1.807, 2.05) is 0 Å². The van der Waals surface area contributed by atoms with Crippen molar-refractivity contribution < 1.29 is 4.74 Å². The van der Waals surface area contributed by atoms with Gasteiger partial charge in [0.05, 0.1) is 6.10 Å². The zero-order chi connectivity index (χ0) is 8.48. The molecule has 0 amide bonds. The molecule has 2 N–H and O–H groups in total. The van der Waals surface area contributed by atoms with Crippen LogP contribution in [0.3, 0.4) is 0 Å². The number of rotatable bonds is 3. The molecular weight excluding hydrogens is 138 g/mol. The van der Waals surface area contributed by atoms with Crippen LogP contribution in [0.15, 0.2) is 0 Å². The van der Waals surface area contributed by atoms with Gasteiger partial charge in [-0.15, -0.1) is 0 Å². The van der Waals surface area contributed by atoms with Crippen LogP contribution in [0.25, 0.3) is 0 Å². The highest BCUT2D eigenvalue weighted by Crippen LogP contribution is 2.47. The van der Waals surface area contributed by atoms with Crippen molar-refractivity contribution in [3.8, 4) is 0 Å². The van der Waals surface area contributed by atoms with Gasteiger partial charge in [-0.3, -0.25) is 0 Å². The van der Waals surface area contributed by atoms with Crippen LogP contribution in [0.5, 0.6) is 0 Å². The molecule has 0 radical (unpaired) electrons. The Balaban J connectivity index is 2.62. The molecule has 66 valence electrons. The van der Waals surface area contributed by atoms with E-state index in [-0.39, 0.29) is 5.41 Å². The molecule has 0 aromatic heterocycles. The van der Waals surface area contributed by atoms with Crippen LogP contribution in [0.2, 0.25) is 0 Å². The molecule has 2 nitrogen and oxygen atoms in total. The fraction of sp³-hybridized carbons (Fsp3) is 1.00. The molecular formula is C9H19NO. The number of methoxy groups -OCH3 is 1. The highest BCUT2D eigenvalue weighted by Gasteiger charge is 2.50. The summed E-state index contributed by atoms with van der Waals surface area (Å²) < 4.78 is 5.37. The number of hydrogen-bond acceptors (Lipinski definition) is 2. The fourth-order valence-electron chi connectivity index (χ4n) is 2.34. The third kappa shape index (κ3) is 1.09. The first-order valence-electron chi connectivity index (χ1n) is 4.49. The lowest BCUT2D eigenvalue weighted by Crippen LogP contribution is -2.61. The van der Waals surface area contributed by atoms with Crippen LogP contribution in [0, 0.1) is 5.41 Å². The average molecular weight is 157 g/mol. The molecule has 0 aromatic carbocycles. The topological polar surface area (TPSA) is 35.2 Å². The molecule has 0 aliphatic heterocycles. The fourth-order valence-corrected chi connectivity index (χ4v) is 2.34. The summed E-state index contributed by atoms with van der Waals surface area (Å²) in [6, 6.07) is 0.363. The van der Waals surface area contributed by atoms with Gasteiger partial charge in [-0.1, -0.05) is 13.8 Å². The third-order valence-electron chi connectivity index (χ3n) is 3.45. The minimum atomic E-state index is 0.286. The minimum absolute atomic E-state index is 0.286. The summed E-state index contributed by atoms with van der Waals surface area (Å²) in [5.41, 5.74) is 6.25. The Labute approximate surface area is 69.1 Å². The molecule has 0 aromatic rings. The van der Waals surface area contributed by atoms with E-state index in [4.69, 9.17) is 10.5 Å². The van der Waals surface area contributed by atoms with E-state index < -0.39 is 0 Å². The van der Waals surface area contributed by atoms with E-state index in [0.717, 1.165) is 19.3 Å². The van der Waals surface area contributed by atoms with E-state index in [1.54, 1.807) is 7.11 Å². The molecule has 0 saturated heterocycles. The van der Waals surface area contributed by atoms with E-state index >= 15 is 0 Å². The molecule has 1 rings (SSSR count). The van der Waals surface area contributed by atoms with Crippen molar-refractivity contribution in [1.29, 1.82) is 0 Å². The van der Waals surface area contributed by atoms with Crippen molar-refractivity contribution in [2.24, 2.45) is 11.1 Å². The molecule has 0 heterocycles. The standard InChI is InChI=1S/C9H19NO/c1-4-9(5-2)7(10)6-8(9)11-3/h7-8H,4-6,10H2,1-3H3/t7-,8+/m0/s1. The first kappa shape index (κ1) is 9.01. The Morgan fingerprint density at radius 3 is 2.18 bits per heavy atom. The van der Waals surface area contributed by atoms with Crippen LogP contribution in [-0.4, -0.2) is 19.3 Å². The molecule has 0 bridgehead atoms. The molecule has 0 spiro atoms. The van der Waals surface area contributed by atoms with E-state index in [2.05, 4.69) is 13.8 Å². The normalized spacial score (nSPS) is 34.9. The first-order valence-corrected chi connectivity index (χ1v) is 4.49. The molecule has 11 heavy (non-hydrogen) atoms. The van der Waals surface area contributed by atoms with Gasteiger partial charge in [-0.05, 0) is 19.3 Å². The number of nitrogens with two attached hydrogens (primary N) is 1. The number of ether oxygens (including phenoxy) is 1. The van der Waals surface area contributed by atoms with Gasteiger partial charge in [0.15, 0.2) is 0 Å². The zero-order valence-electron chi connectivity index (χ0n) is 7.76. The molecule has 1 aliphatic carbocycles. The predicted molar refractivity (Wildman–Crippen MR) is 46.4 cm³/mol. The van der Waals surface area contributed by atoms with Gasteiger partial charge in [0.25, 0.3) is 0 Å². The lowest BCUT2D eigenvalue weighted by molar-refractivity contribution is -0.112. The molecule has 1 saturated carbocycles. The van der Waals surface area contributed by atoms with Gasteiger partial charge in [0, 0.05) is 18.6 Å². The summed E-state index contributed by atoms with van der Waals surface area (Å²) >= 11 is 0. The molecule has 1 aliphatic rings. The van der Waals surface area contributed by atoms with Crippen LogP contribution < -0.4 is 5.73 Å². The second-order valence-electron chi connectivity index (χ2n) is 3.51. The van der Waals surface area contributed by atoms with Gasteiger partial charge >= 0.3 is 0 Å². The van der Waals surface area contributed by atoms with Crippen LogP contribution in [-0.2, 0) is 4.74 Å². The zero-order valence-corrected chi connectivity index (χ0v) is 7.76. The lowest BCUT2D eigenvalue weighted by atomic mass is 9.59. The summed E-state index contributed by atoms with van der Waals surface area (Å²) in [6.07, 6.45) is 3.73. The average Bonchev–Trinajstić information content (AvgIpc) is 2.02.